The Morgan fingerprint density at radius 2 is 1.62 bits per heavy atom. The molecule has 6 nitrogen and oxygen atoms in total. The molecule has 0 radical (unpaired) electrons. The number of carbonyl (C=O) groups excluding carboxylic acids is 1. The van der Waals surface area contributed by atoms with Crippen molar-refractivity contribution in [2.45, 2.75) is 6.92 Å². The van der Waals surface area contributed by atoms with Crippen LogP contribution in [-0.4, -0.2) is 31.7 Å². The smallest absolute Gasteiger partial charge is 0.363 e. The molecule has 3 aromatic carbocycles. The molecular weight excluding hydrogens is 477 g/mol. The number of nitrogens with zero attached hydrogens (tertiary/aromatic N) is 1. The minimum absolute atomic E-state index is 0.166. The van der Waals surface area contributed by atoms with Crippen LogP contribution in [0.5, 0.6) is 17.2 Å². The van der Waals surface area contributed by atoms with Gasteiger partial charge in [-0.25, -0.2) is 9.79 Å². The topological polar surface area (TPSA) is 66.4 Å². The summed E-state index contributed by atoms with van der Waals surface area (Å²) in [5.74, 6) is 1.12. The van der Waals surface area contributed by atoms with Crippen molar-refractivity contribution >= 4 is 41.1 Å². The Kier molecular flexibility index (Phi) is 7.72. The predicted molar refractivity (Wildman–Crippen MR) is 132 cm³/mol. The maximum atomic E-state index is 12.3. The Morgan fingerprint density at radius 1 is 0.882 bits per heavy atom. The maximum Gasteiger partial charge on any atom is 0.363 e. The van der Waals surface area contributed by atoms with Gasteiger partial charge in [-0.2, -0.15) is 0 Å². The molecule has 0 unspecified atom stereocenters. The van der Waals surface area contributed by atoms with Gasteiger partial charge in [-0.1, -0.05) is 53.5 Å². The van der Waals surface area contributed by atoms with E-state index in [-0.39, 0.29) is 24.8 Å². The largest absolute Gasteiger partial charge is 0.490 e. The van der Waals surface area contributed by atoms with Crippen molar-refractivity contribution in [1.82, 2.24) is 0 Å². The van der Waals surface area contributed by atoms with Crippen LogP contribution in [0.15, 0.2) is 77.4 Å². The molecule has 8 heteroatoms. The average molecular weight is 498 g/mol. The van der Waals surface area contributed by atoms with Crippen LogP contribution in [0.4, 0.5) is 0 Å². The summed E-state index contributed by atoms with van der Waals surface area (Å²) in [6.07, 6.45) is 1.59. The van der Waals surface area contributed by atoms with Gasteiger partial charge in [0.05, 0.1) is 16.7 Å². The van der Waals surface area contributed by atoms with Gasteiger partial charge in [0, 0.05) is 5.56 Å². The number of para-hydroxylation sites is 1. The Bertz CT molecular complexity index is 1240. The number of carbonyl (C=O) groups is 1. The third-order valence-corrected chi connectivity index (χ3v) is 5.29. The van der Waals surface area contributed by atoms with E-state index in [0.29, 0.717) is 39.5 Å². The summed E-state index contributed by atoms with van der Waals surface area (Å²) in [7, 11) is 0. The van der Waals surface area contributed by atoms with Crippen molar-refractivity contribution in [2.24, 2.45) is 4.99 Å². The fourth-order valence-corrected chi connectivity index (χ4v) is 3.67. The highest BCUT2D eigenvalue weighted by Gasteiger charge is 2.24. The standard InChI is InChI=1S/C26H21Cl2NO5/c1-2-31-23-16-17(15-21-26(30)34-25(29-21)18-8-4-3-5-9-18)14-20(28)24(23)33-13-12-32-22-11-7-6-10-19(22)27/h3-11,14-16H,2,12-13H2,1H3/b21-15-. The number of cyclic esters (lactones) is 1. The van der Waals surface area contributed by atoms with Crippen molar-refractivity contribution in [1.29, 1.82) is 0 Å². The summed E-state index contributed by atoms with van der Waals surface area (Å²) in [6, 6.07) is 19.8. The van der Waals surface area contributed by atoms with Crippen LogP contribution >= 0.6 is 23.2 Å². The van der Waals surface area contributed by atoms with Crippen LogP contribution in [0.1, 0.15) is 18.1 Å². The van der Waals surface area contributed by atoms with Gasteiger partial charge in [0.1, 0.15) is 19.0 Å². The van der Waals surface area contributed by atoms with Gasteiger partial charge in [-0.05, 0) is 55.0 Å². The molecule has 0 aliphatic carbocycles. The number of benzene rings is 3. The van der Waals surface area contributed by atoms with Crippen molar-refractivity contribution < 1.29 is 23.7 Å². The van der Waals surface area contributed by atoms with Crippen LogP contribution in [0.25, 0.3) is 6.08 Å². The molecule has 34 heavy (non-hydrogen) atoms. The van der Waals surface area contributed by atoms with Gasteiger partial charge < -0.3 is 18.9 Å². The number of ether oxygens (including phenoxy) is 4. The summed E-state index contributed by atoms with van der Waals surface area (Å²) in [4.78, 5) is 16.6. The summed E-state index contributed by atoms with van der Waals surface area (Å²) in [5.41, 5.74) is 1.51. The monoisotopic (exact) mass is 497 g/mol. The molecular formula is C26H21Cl2NO5. The minimum Gasteiger partial charge on any atom is -0.490 e. The van der Waals surface area contributed by atoms with E-state index in [1.54, 1.807) is 30.3 Å². The molecule has 0 N–H and O–H groups in total. The highest BCUT2D eigenvalue weighted by Crippen LogP contribution is 2.37. The molecule has 1 aliphatic heterocycles. The van der Waals surface area contributed by atoms with Crippen LogP contribution in [0.2, 0.25) is 10.0 Å². The number of esters is 1. The molecule has 4 rings (SSSR count). The predicted octanol–water partition coefficient (Wildman–Crippen LogP) is 6.19. The summed E-state index contributed by atoms with van der Waals surface area (Å²) in [5, 5.41) is 0.852. The second-order valence-electron chi connectivity index (χ2n) is 7.09. The zero-order valence-corrected chi connectivity index (χ0v) is 19.8. The van der Waals surface area contributed by atoms with Crippen LogP contribution in [-0.2, 0) is 9.53 Å². The molecule has 0 spiro atoms. The van der Waals surface area contributed by atoms with E-state index < -0.39 is 5.97 Å². The third kappa shape index (κ3) is 5.71. The van der Waals surface area contributed by atoms with E-state index in [2.05, 4.69) is 4.99 Å². The Labute approximate surface area is 207 Å². The first-order chi connectivity index (χ1) is 16.5. The highest BCUT2D eigenvalue weighted by atomic mass is 35.5. The van der Waals surface area contributed by atoms with Gasteiger partial charge >= 0.3 is 5.97 Å². The van der Waals surface area contributed by atoms with E-state index in [1.807, 2.05) is 49.4 Å². The van der Waals surface area contributed by atoms with E-state index in [1.165, 1.54) is 0 Å². The van der Waals surface area contributed by atoms with Crippen LogP contribution in [0.3, 0.4) is 0 Å². The Balaban J connectivity index is 1.50. The highest BCUT2D eigenvalue weighted by molar-refractivity contribution is 6.32. The Morgan fingerprint density at radius 3 is 2.38 bits per heavy atom. The number of hydrogen-bond donors (Lipinski definition) is 0. The zero-order chi connectivity index (χ0) is 23.9. The van der Waals surface area contributed by atoms with E-state index in [4.69, 9.17) is 42.1 Å². The first kappa shape index (κ1) is 23.7. The second-order valence-corrected chi connectivity index (χ2v) is 7.91. The lowest BCUT2D eigenvalue weighted by molar-refractivity contribution is -0.129. The molecule has 0 amide bonds. The molecule has 0 saturated carbocycles. The van der Waals surface area contributed by atoms with Gasteiger partial charge in [-0.3, -0.25) is 0 Å². The minimum atomic E-state index is -0.537. The van der Waals surface area contributed by atoms with Crippen molar-refractivity contribution in [3.05, 3.63) is 93.6 Å². The molecule has 0 fully saturated rings. The molecule has 0 bridgehead atoms. The lowest BCUT2D eigenvalue weighted by atomic mass is 10.1. The summed E-state index contributed by atoms with van der Waals surface area (Å²) >= 11 is 12.6. The number of halogens is 2. The van der Waals surface area contributed by atoms with Gasteiger partial charge in [0.15, 0.2) is 17.2 Å². The fraction of sp³-hybridized carbons (Fsp3) is 0.154. The van der Waals surface area contributed by atoms with E-state index in [9.17, 15) is 4.79 Å². The van der Waals surface area contributed by atoms with Gasteiger partial charge in [0.25, 0.3) is 0 Å². The Hall–Kier alpha value is -3.48. The summed E-state index contributed by atoms with van der Waals surface area (Å²) < 4.78 is 22.5. The van der Waals surface area contributed by atoms with E-state index >= 15 is 0 Å². The lowest BCUT2D eigenvalue weighted by Gasteiger charge is -2.15. The molecule has 3 aromatic rings. The molecule has 1 heterocycles. The van der Waals surface area contributed by atoms with Crippen molar-refractivity contribution in [2.75, 3.05) is 19.8 Å². The zero-order valence-electron chi connectivity index (χ0n) is 18.3. The first-order valence-electron chi connectivity index (χ1n) is 10.6. The van der Waals surface area contributed by atoms with Crippen molar-refractivity contribution in [3.8, 4) is 17.2 Å². The molecule has 0 aromatic heterocycles. The average Bonchev–Trinajstić information content (AvgIpc) is 3.20. The SMILES string of the molecule is CCOc1cc(/C=C2\N=C(c3ccccc3)OC2=O)cc(Cl)c1OCCOc1ccccc1Cl. The van der Waals surface area contributed by atoms with Crippen LogP contribution < -0.4 is 14.2 Å². The van der Waals surface area contributed by atoms with Gasteiger partial charge in [-0.15, -0.1) is 0 Å². The quantitative estimate of drug-likeness (QED) is 0.200. The van der Waals surface area contributed by atoms with E-state index in [0.717, 1.165) is 5.56 Å². The fourth-order valence-electron chi connectivity index (χ4n) is 3.20. The maximum absolute atomic E-state index is 12.3. The normalized spacial score (nSPS) is 14.0. The number of rotatable bonds is 9. The molecule has 1 aliphatic rings. The third-order valence-electron chi connectivity index (χ3n) is 4.70. The number of hydrogen-bond acceptors (Lipinski definition) is 6. The first-order valence-corrected chi connectivity index (χ1v) is 11.3. The molecule has 174 valence electrons. The summed E-state index contributed by atoms with van der Waals surface area (Å²) in [6.45, 7) is 2.75. The lowest BCUT2D eigenvalue weighted by Crippen LogP contribution is -2.10. The van der Waals surface area contributed by atoms with Crippen LogP contribution in [0, 0.1) is 0 Å². The second kappa shape index (κ2) is 11.1. The van der Waals surface area contributed by atoms with Crippen molar-refractivity contribution in [3.63, 3.8) is 0 Å². The number of aliphatic imine (C=N–C) groups is 1. The molecule has 0 saturated heterocycles. The molecule has 0 atom stereocenters. The van der Waals surface area contributed by atoms with Gasteiger partial charge in [0.2, 0.25) is 5.90 Å².